The number of nitrogens with one attached hydrogen (secondary N) is 1. The summed E-state index contributed by atoms with van der Waals surface area (Å²) >= 11 is 0. The van der Waals surface area contributed by atoms with Crippen molar-refractivity contribution >= 4 is 29.2 Å². The molecule has 1 aliphatic rings. The number of benzene rings is 2. The van der Waals surface area contributed by atoms with Crippen molar-refractivity contribution in [1.82, 2.24) is 19.9 Å². The Morgan fingerprint density at radius 2 is 1.80 bits per heavy atom. The molecule has 41 heavy (non-hydrogen) atoms. The van der Waals surface area contributed by atoms with Crippen LogP contribution < -0.4 is 15.0 Å². The molecule has 1 fully saturated rings. The van der Waals surface area contributed by atoms with Crippen molar-refractivity contribution in [3.8, 4) is 16.9 Å². The molecule has 5 rings (SSSR count). The molecule has 0 saturated carbocycles. The van der Waals surface area contributed by atoms with E-state index in [0.717, 1.165) is 59.4 Å². The summed E-state index contributed by atoms with van der Waals surface area (Å²) < 4.78 is 13.0. The third-order valence-corrected chi connectivity index (χ3v) is 6.84. The summed E-state index contributed by atoms with van der Waals surface area (Å²) in [5, 5.41) is 2.90. The summed E-state index contributed by atoms with van der Waals surface area (Å²) in [6, 6.07) is 19.3. The Kier molecular flexibility index (Phi) is 8.23. The number of rotatable bonds is 8. The summed E-state index contributed by atoms with van der Waals surface area (Å²) in [7, 11) is 0. The normalized spacial score (nSPS) is 13.8. The summed E-state index contributed by atoms with van der Waals surface area (Å²) in [5.74, 6) is 2.06. The van der Waals surface area contributed by atoms with Crippen LogP contribution in [0.25, 0.3) is 22.3 Å². The van der Waals surface area contributed by atoms with Crippen molar-refractivity contribution < 1.29 is 19.1 Å². The highest BCUT2D eigenvalue weighted by Gasteiger charge is 2.23. The van der Waals surface area contributed by atoms with Gasteiger partial charge in [-0.3, -0.25) is 4.90 Å². The smallest absolute Gasteiger partial charge is 0.428 e. The van der Waals surface area contributed by atoms with Gasteiger partial charge in [-0.25, -0.2) is 19.6 Å². The lowest BCUT2D eigenvalue weighted by Gasteiger charge is -2.26. The topological polar surface area (TPSA) is 98.6 Å². The van der Waals surface area contributed by atoms with Crippen molar-refractivity contribution in [2.24, 2.45) is 0 Å². The minimum Gasteiger partial charge on any atom is -0.428 e. The van der Waals surface area contributed by atoms with E-state index in [9.17, 15) is 9.59 Å². The Labute approximate surface area is 240 Å². The predicted octanol–water partition coefficient (Wildman–Crippen LogP) is 6.72. The van der Waals surface area contributed by atoms with E-state index in [4.69, 9.17) is 19.4 Å². The maximum absolute atomic E-state index is 12.5. The Morgan fingerprint density at radius 3 is 2.54 bits per heavy atom. The number of fused-ring (bicyclic) bond motifs is 1. The summed E-state index contributed by atoms with van der Waals surface area (Å²) in [5.41, 5.74) is 3.75. The van der Waals surface area contributed by atoms with E-state index in [1.807, 2.05) is 42.5 Å². The zero-order chi connectivity index (χ0) is 29.0. The molecule has 0 radical (unpaired) electrons. The van der Waals surface area contributed by atoms with Gasteiger partial charge in [0.05, 0.1) is 6.54 Å². The molecule has 2 amide bonds. The van der Waals surface area contributed by atoms with Gasteiger partial charge in [-0.15, -0.1) is 0 Å². The molecule has 0 unspecified atom stereocenters. The van der Waals surface area contributed by atoms with Crippen molar-refractivity contribution in [3.05, 3.63) is 72.1 Å². The number of urea groups is 1. The third kappa shape index (κ3) is 6.67. The third-order valence-electron chi connectivity index (χ3n) is 6.84. The largest absolute Gasteiger partial charge is 0.514 e. The van der Waals surface area contributed by atoms with Crippen molar-refractivity contribution in [3.63, 3.8) is 0 Å². The van der Waals surface area contributed by atoms with Crippen LogP contribution in [0.15, 0.2) is 60.7 Å². The van der Waals surface area contributed by atoms with Gasteiger partial charge in [-0.2, -0.15) is 0 Å². The zero-order valence-corrected chi connectivity index (χ0v) is 24.1. The highest BCUT2D eigenvalue weighted by molar-refractivity contribution is 5.92. The molecule has 9 heteroatoms. The Balaban J connectivity index is 1.42. The summed E-state index contributed by atoms with van der Waals surface area (Å²) in [4.78, 5) is 36.3. The highest BCUT2D eigenvalue weighted by atomic mass is 16.7. The van der Waals surface area contributed by atoms with Crippen molar-refractivity contribution in [2.75, 3.05) is 18.0 Å². The van der Waals surface area contributed by atoms with Crippen molar-refractivity contribution in [2.45, 2.75) is 65.5 Å². The number of carbonyl (C=O) groups is 2. The number of nitrogens with zero attached hydrogens (tertiary/aromatic N) is 4. The fourth-order valence-electron chi connectivity index (χ4n) is 4.86. The van der Waals surface area contributed by atoms with Gasteiger partial charge in [-0.1, -0.05) is 55.8 Å². The number of pyridine rings is 1. The second-order valence-corrected chi connectivity index (χ2v) is 11.2. The van der Waals surface area contributed by atoms with Crippen LogP contribution in [-0.4, -0.2) is 45.4 Å². The van der Waals surface area contributed by atoms with E-state index in [-0.39, 0.29) is 6.03 Å². The Morgan fingerprint density at radius 1 is 1.02 bits per heavy atom. The van der Waals surface area contributed by atoms with E-state index in [1.54, 1.807) is 31.7 Å². The molecule has 2 aromatic heterocycles. The number of aromatic nitrogens is 3. The van der Waals surface area contributed by atoms with Gasteiger partial charge >= 0.3 is 12.2 Å². The molecule has 2 aromatic carbocycles. The number of imidazole rings is 1. The number of unbranched alkanes of at least 4 members (excludes halogenated alkanes) is 1. The van der Waals surface area contributed by atoms with Crippen molar-refractivity contribution in [1.29, 1.82) is 0 Å². The lowest BCUT2D eigenvalue weighted by Crippen LogP contribution is -2.46. The SMILES string of the molecule is CCCCc1nc2ccc(N3CCCNC3=O)nc2n1Cc1ccc(-c2ccccc2OC(=O)OC(C)(C)C)cc1. The Hall–Kier alpha value is -4.40. The van der Waals surface area contributed by atoms with E-state index in [2.05, 4.69) is 28.9 Å². The van der Waals surface area contributed by atoms with Gasteiger partial charge in [0.15, 0.2) is 5.65 Å². The van der Waals surface area contributed by atoms with Crippen LogP contribution in [0.3, 0.4) is 0 Å². The zero-order valence-electron chi connectivity index (χ0n) is 24.1. The monoisotopic (exact) mass is 555 g/mol. The van der Waals surface area contributed by atoms with Crippen LogP contribution in [0.1, 0.15) is 58.3 Å². The molecule has 4 aromatic rings. The quantitative estimate of drug-likeness (QED) is 0.191. The van der Waals surface area contributed by atoms with E-state index < -0.39 is 11.8 Å². The number of para-hydroxylation sites is 1. The highest BCUT2D eigenvalue weighted by Crippen LogP contribution is 2.31. The molecule has 1 N–H and O–H groups in total. The first-order chi connectivity index (χ1) is 19.7. The van der Waals surface area contributed by atoms with Gasteiger partial charge in [-0.05, 0) is 62.9 Å². The number of anilines is 1. The number of amides is 2. The van der Waals surface area contributed by atoms with Gasteiger partial charge in [0.25, 0.3) is 0 Å². The molecular formula is C32H37N5O4. The predicted molar refractivity (Wildman–Crippen MR) is 159 cm³/mol. The van der Waals surface area contributed by atoms with Gasteiger partial charge < -0.3 is 19.4 Å². The molecule has 1 aliphatic heterocycles. The van der Waals surface area contributed by atoms with Crippen LogP contribution in [0.2, 0.25) is 0 Å². The standard InChI is InChI=1S/C32H37N5O4/c1-5-6-12-27-34-25-17-18-28(36-20-9-19-33-30(36)38)35-29(25)37(27)21-22-13-15-23(16-14-22)24-10-7-8-11-26(24)40-31(39)41-32(2,3)4/h7-8,10-11,13-18H,5-6,9,12,19-21H2,1-4H3,(H,33,38). The van der Waals surface area contributed by atoms with E-state index in [0.29, 0.717) is 31.2 Å². The van der Waals surface area contributed by atoms with Crippen LogP contribution in [0.5, 0.6) is 5.75 Å². The lowest BCUT2D eigenvalue weighted by atomic mass is 10.0. The van der Waals surface area contributed by atoms with Gasteiger partial charge in [0, 0.05) is 25.1 Å². The number of aryl methyl sites for hydroxylation is 1. The Bertz CT molecular complexity index is 1540. The molecule has 0 spiro atoms. The molecule has 9 nitrogen and oxygen atoms in total. The van der Waals surface area contributed by atoms with E-state index in [1.165, 1.54) is 0 Å². The van der Waals surface area contributed by atoms with Gasteiger partial charge in [0.1, 0.15) is 28.5 Å². The fourth-order valence-corrected chi connectivity index (χ4v) is 4.86. The molecule has 0 atom stereocenters. The average Bonchev–Trinajstić information content (AvgIpc) is 3.28. The first-order valence-corrected chi connectivity index (χ1v) is 14.2. The first kappa shape index (κ1) is 28.1. The minimum atomic E-state index is -0.734. The summed E-state index contributed by atoms with van der Waals surface area (Å²) in [6.45, 7) is 9.49. The second kappa shape index (κ2) is 12.0. The number of carbonyl (C=O) groups excluding carboxylic acids is 2. The van der Waals surface area contributed by atoms with Crippen LogP contribution in [0.4, 0.5) is 15.4 Å². The van der Waals surface area contributed by atoms with E-state index >= 15 is 0 Å². The fraction of sp³-hybridized carbons (Fsp3) is 0.375. The van der Waals surface area contributed by atoms with Gasteiger partial charge in [0.2, 0.25) is 0 Å². The number of hydrogen-bond acceptors (Lipinski definition) is 6. The molecule has 1 saturated heterocycles. The lowest BCUT2D eigenvalue weighted by molar-refractivity contribution is 0.0207. The first-order valence-electron chi connectivity index (χ1n) is 14.2. The van der Waals surface area contributed by atoms with Crippen LogP contribution >= 0.6 is 0 Å². The maximum atomic E-state index is 12.5. The molecule has 214 valence electrons. The number of ether oxygens (including phenoxy) is 2. The molecule has 3 heterocycles. The summed E-state index contributed by atoms with van der Waals surface area (Å²) in [6.07, 6.45) is 3.08. The maximum Gasteiger partial charge on any atom is 0.514 e. The van der Waals surface area contributed by atoms with Crippen LogP contribution in [0, 0.1) is 0 Å². The second-order valence-electron chi connectivity index (χ2n) is 11.2. The minimum absolute atomic E-state index is 0.119. The molecule has 0 aliphatic carbocycles. The average molecular weight is 556 g/mol. The molecular weight excluding hydrogens is 518 g/mol. The van der Waals surface area contributed by atoms with Crippen LogP contribution in [-0.2, 0) is 17.7 Å². The molecule has 0 bridgehead atoms. The number of hydrogen-bond donors (Lipinski definition) is 1.